The molecular formula is C5H11N5O. The number of nitrogens with zero attached hydrogens (tertiary/aromatic N) is 4. The average molecular weight is 157 g/mol. The van der Waals surface area contributed by atoms with Gasteiger partial charge >= 0.3 is 0 Å². The maximum Gasteiger partial charge on any atom is 0.242 e. The van der Waals surface area contributed by atoms with Crippen LogP contribution in [0.1, 0.15) is 6.92 Å². The topological polar surface area (TPSA) is 75.9 Å². The van der Waals surface area contributed by atoms with E-state index < -0.39 is 0 Å². The molecule has 1 aromatic rings. The molecule has 0 aliphatic carbocycles. The summed E-state index contributed by atoms with van der Waals surface area (Å²) in [5.74, 6) is 0.562. The molecule has 0 bridgehead atoms. The Labute approximate surface area is 64.2 Å². The molecule has 0 fully saturated rings. The lowest BCUT2D eigenvalue weighted by Gasteiger charge is -2.08. The molecule has 0 aromatic carbocycles. The van der Waals surface area contributed by atoms with Crippen molar-refractivity contribution in [2.75, 3.05) is 11.9 Å². The lowest BCUT2D eigenvalue weighted by Crippen LogP contribution is -2.21. The predicted octanol–water partition coefficient (Wildman–Crippen LogP) is -0.997. The maximum absolute atomic E-state index is 8.68. The van der Waals surface area contributed by atoms with Crippen molar-refractivity contribution in [3.63, 3.8) is 0 Å². The monoisotopic (exact) mass is 157 g/mol. The Morgan fingerprint density at radius 2 is 2.45 bits per heavy atom. The summed E-state index contributed by atoms with van der Waals surface area (Å²) in [5, 5.41) is 22.3. The van der Waals surface area contributed by atoms with Gasteiger partial charge in [-0.3, -0.25) is 0 Å². The molecule has 6 heteroatoms. The van der Waals surface area contributed by atoms with Crippen LogP contribution in [0.4, 0.5) is 5.95 Å². The molecule has 0 radical (unpaired) electrons. The number of anilines is 1. The summed E-state index contributed by atoms with van der Waals surface area (Å²) in [6, 6.07) is -0.0281. The van der Waals surface area contributed by atoms with Gasteiger partial charge in [-0.15, -0.1) is 0 Å². The summed E-state index contributed by atoms with van der Waals surface area (Å²) >= 11 is 0. The predicted molar refractivity (Wildman–Crippen MR) is 39.0 cm³/mol. The molecule has 0 saturated carbocycles. The van der Waals surface area contributed by atoms with Crippen molar-refractivity contribution in [1.29, 1.82) is 0 Å². The molecule has 1 rings (SSSR count). The average Bonchev–Trinajstić information content (AvgIpc) is 2.37. The van der Waals surface area contributed by atoms with E-state index in [1.807, 2.05) is 6.92 Å². The third-order valence-electron chi connectivity index (χ3n) is 1.27. The largest absolute Gasteiger partial charge is 0.394 e. The summed E-state index contributed by atoms with van der Waals surface area (Å²) in [6.07, 6.45) is 0. The van der Waals surface area contributed by atoms with Crippen LogP contribution in [0.5, 0.6) is 0 Å². The maximum atomic E-state index is 8.68. The van der Waals surface area contributed by atoms with E-state index >= 15 is 0 Å². The van der Waals surface area contributed by atoms with Gasteiger partial charge in [0.1, 0.15) is 0 Å². The van der Waals surface area contributed by atoms with E-state index in [0.717, 1.165) is 0 Å². The van der Waals surface area contributed by atoms with E-state index in [9.17, 15) is 0 Å². The zero-order valence-electron chi connectivity index (χ0n) is 6.52. The highest BCUT2D eigenvalue weighted by molar-refractivity contribution is 5.22. The first-order valence-electron chi connectivity index (χ1n) is 3.33. The lowest BCUT2D eigenvalue weighted by atomic mass is 10.4. The van der Waals surface area contributed by atoms with E-state index in [0.29, 0.717) is 5.95 Å². The van der Waals surface area contributed by atoms with E-state index in [-0.39, 0.29) is 12.6 Å². The van der Waals surface area contributed by atoms with Crippen molar-refractivity contribution in [1.82, 2.24) is 20.2 Å². The lowest BCUT2D eigenvalue weighted by molar-refractivity contribution is 0.280. The number of rotatable bonds is 3. The third kappa shape index (κ3) is 1.87. The number of nitrogens with one attached hydrogen (secondary N) is 1. The summed E-state index contributed by atoms with van der Waals surface area (Å²) in [5.41, 5.74) is 0. The van der Waals surface area contributed by atoms with Crippen molar-refractivity contribution in [3.8, 4) is 0 Å². The second-order valence-electron chi connectivity index (χ2n) is 2.35. The molecule has 0 aliphatic rings. The molecule has 2 N–H and O–H groups in total. The van der Waals surface area contributed by atoms with Gasteiger partial charge in [0.25, 0.3) is 0 Å². The highest BCUT2D eigenvalue weighted by Gasteiger charge is 2.04. The second kappa shape index (κ2) is 3.29. The van der Waals surface area contributed by atoms with Gasteiger partial charge in [0, 0.05) is 13.1 Å². The van der Waals surface area contributed by atoms with Gasteiger partial charge in [0.2, 0.25) is 5.95 Å². The molecule has 62 valence electrons. The van der Waals surface area contributed by atoms with Crippen molar-refractivity contribution < 1.29 is 5.11 Å². The van der Waals surface area contributed by atoms with Gasteiger partial charge < -0.3 is 10.4 Å². The van der Waals surface area contributed by atoms with Crippen LogP contribution < -0.4 is 5.32 Å². The highest BCUT2D eigenvalue weighted by atomic mass is 16.3. The first-order valence-corrected chi connectivity index (χ1v) is 3.33. The molecule has 1 heterocycles. The molecule has 1 aromatic heterocycles. The van der Waals surface area contributed by atoms with Crippen LogP contribution >= 0.6 is 0 Å². The van der Waals surface area contributed by atoms with Crippen molar-refractivity contribution in [2.45, 2.75) is 13.0 Å². The molecule has 1 atom stereocenters. The fourth-order valence-corrected chi connectivity index (χ4v) is 0.618. The van der Waals surface area contributed by atoms with Crippen LogP contribution in [-0.4, -0.2) is 38.0 Å². The van der Waals surface area contributed by atoms with E-state index in [2.05, 4.69) is 20.8 Å². The number of aliphatic hydroxyl groups is 1. The summed E-state index contributed by atoms with van der Waals surface area (Å²) in [7, 11) is 1.73. The molecule has 0 saturated heterocycles. The molecule has 0 amide bonds. The number of hydrogen-bond acceptors (Lipinski definition) is 5. The van der Waals surface area contributed by atoms with Gasteiger partial charge in [-0.1, -0.05) is 5.10 Å². The molecule has 0 spiro atoms. The molecule has 0 aliphatic heterocycles. The Hall–Kier alpha value is -1.17. The van der Waals surface area contributed by atoms with Crippen LogP contribution in [-0.2, 0) is 7.05 Å². The molecule has 6 nitrogen and oxygen atoms in total. The van der Waals surface area contributed by atoms with Crippen LogP contribution in [0, 0.1) is 0 Å². The minimum Gasteiger partial charge on any atom is -0.394 e. The first-order chi connectivity index (χ1) is 5.24. The third-order valence-corrected chi connectivity index (χ3v) is 1.27. The van der Waals surface area contributed by atoms with E-state index in [1.165, 1.54) is 4.68 Å². The fourth-order valence-electron chi connectivity index (χ4n) is 0.618. The first kappa shape index (κ1) is 7.93. The summed E-state index contributed by atoms with van der Waals surface area (Å²) in [4.78, 5) is 0. The Balaban J connectivity index is 2.56. The standard InChI is InChI=1S/C5H11N5O/c1-4(3-11)6-5-7-8-9-10(5)2/h4,11H,3H2,1-2H3,(H,6,7,9). The number of aryl methyl sites for hydroxylation is 1. The zero-order valence-corrected chi connectivity index (χ0v) is 6.52. The van der Waals surface area contributed by atoms with Crippen LogP contribution in [0.2, 0.25) is 0 Å². The minimum atomic E-state index is -0.0281. The Morgan fingerprint density at radius 3 is 2.91 bits per heavy atom. The van der Waals surface area contributed by atoms with Gasteiger partial charge in [-0.05, 0) is 17.4 Å². The van der Waals surface area contributed by atoms with E-state index in [4.69, 9.17) is 5.11 Å². The van der Waals surface area contributed by atoms with E-state index in [1.54, 1.807) is 7.05 Å². The summed E-state index contributed by atoms with van der Waals surface area (Å²) < 4.78 is 1.51. The van der Waals surface area contributed by atoms with Crippen LogP contribution in [0.15, 0.2) is 0 Å². The quantitative estimate of drug-likeness (QED) is 0.588. The fraction of sp³-hybridized carbons (Fsp3) is 0.800. The molecular weight excluding hydrogens is 146 g/mol. The van der Waals surface area contributed by atoms with Crippen molar-refractivity contribution in [2.24, 2.45) is 7.05 Å². The number of hydrogen-bond donors (Lipinski definition) is 2. The molecule has 1 unspecified atom stereocenters. The zero-order chi connectivity index (χ0) is 8.27. The second-order valence-corrected chi connectivity index (χ2v) is 2.35. The Bertz CT molecular complexity index is 222. The number of aromatic nitrogens is 4. The van der Waals surface area contributed by atoms with Crippen LogP contribution in [0.25, 0.3) is 0 Å². The van der Waals surface area contributed by atoms with Gasteiger partial charge in [-0.2, -0.15) is 0 Å². The Morgan fingerprint density at radius 1 is 1.73 bits per heavy atom. The van der Waals surface area contributed by atoms with Crippen molar-refractivity contribution >= 4 is 5.95 Å². The van der Waals surface area contributed by atoms with Gasteiger partial charge in [-0.25, -0.2) is 4.68 Å². The normalized spacial score (nSPS) is 13.0. The highest BCUT2D eigenvalue weighted by Crippen LogP contribution is 1.97. The number of tetrazole rings is 1. The Kier molecular flexibility index (Phi) is 2.37. The number of aliphatic hydroxyl groups excluding tert-OH is 1. The molecule has 11 heavy (non-hydrogen) atoms. The smallest absolute Gasteiger partial charge is 0.242 e. The minimum absolute atomic E-state index is 0.0281. The van der Waals surface area contributed by atoms with Gasteiger partial charge in [0.15, 0.2) is 0 Å². The van der Waals surface area contributed by atoms with Crippen molar-refractivity contribution in [3.05, 3.63) is 0 Å². The SMILES string of the molecule is CC(CO)Nc1nnnn1C. The van der Waals surface area contributed by atoms with Crippen LogP contribution in [0.3, 0.4) is 0 Å². The van der Waals surface area contributed by atoms with Gasteiger partial charge in [0.05, 0.1) is 6.61 Å². The summed E-state index contributed by atoms with van der Waals surface area (Å²) in [6.45, 7) is 1.90.